The molecule has 2 heteroatoms. The summed E-state index contributed by atoms with van der Waals surface area (Å²) in [5.74, 6) is 0.610. The Labute approximate surface area is 130 Å². The van der Waals surface area contributed by atoms with Gasteiger partial charge < -0.3 is 4.74 Å². The topological polar surface area (TPSA) is 26.3 Å². The van der Waals surface area contributed by atoms with Crippen molar-refractivity contribution in [3.05, 3.63) is 90.0 Å². The number of hydrogen-bond donors (Lipinski definition) is 0. The molecule has 3 rings (SSSR count). The summed E-state index contributed by atoms with van der Waals surface area (Å²) >= 11 is 0. The highest BCUT2D eigenvalue weighted by Gasteiger charge is 2.06. The van der Waals surface area contributed by atoms with E-state index in [4.69, 9.17) is 4.74 Å². The van der Waals surface area contributed by atoms with Crippen molar-refractivity contribution < 1.29 is 9.53 Å². The first-order valence-electron chi connectivity index (χ1n) is 7.18. The highest BCUT2D eigenvalue weighted by atomic mass is 16.5. The molecule has 22 heavy (non-hydrogen) atoms. The van der Waals surface area contributed by atoms with Crippen molar-refractivity contribution in [3.63, 3.8) is 0 Å². The number of hydrogen-bond acceptors (Lipinski definition) is 2. The molecular formula is C20H16O2. The number of rotatable bonds is 5. The molecule has 108 valence electrons. The predicted octanol–water partition coefficient (Wildman–Crippen LogP) is 4.75. The van der Waals surface area contributed by atoms with E-state index in [2.05, 4.69) is 0 Å². The average Bonchev–Trinajstić information content (AvgIpc) is 2.61. The summed E-state index contributed by atoms with van der Waals surface area (Å²) < 4.78 is 5.77. The van der Waals surface area contributed by atoms with Crippen LogP contribution < -0.4 is 4.74 Å². The van der Waals surface area contributed by atoms with Crippen LogP contribution in [0.2, 0.25) is 0 Å². The second kappa shape index (κ2) is 6.72. The fraction of sp³-hybridized carbons (Fsp3) is 0.0500. The Bertz CT molecular complexity index is 749. The molecule has 0 heterocycles. The molecule has 0 saturated heterocycles. The number of ether oxygens (including phenoxy) is 1. The van der Waals surface area contributed by atoms with Gasteiger partial charge in [-0.05, 0) is 28.8 Å². The van der Waals surface area contributed by atoms with Gasteiger partial charge in [-0.1, -0.05) is 66.7 Å². The van der Waals surface area contributed by atoms with E-state index >= 15 is 0 Å². The number of benzene rings is 3. The molecule has 0 saturated carbocycles. The third-order valence-electron chi connectivity index (χ3n) is 3.48. The van der Waals surface area contributed by atoms with Crippen LogP contribution in [-0.2, 0) is 6.61 Å². The Morgan fingerprint density at radius 2 is 1.45 bits per heavy atom. The minimum atomic E-state index is 0.451. The molecule has 0 aliphatic heterocycles. The van der Waals surface area contributed by atoms with Gasteiger partial charge in [0.1, 0.15) is 12.4 Å². The van der Waals surface area contributed by atoms with Gasteiger partial charge in [-0.15, -0.1) is 0 Å². The van der Waals surface area contributed by atoms with Crippen LogP contribution in [0.1, 0.15) is 15.9 Å². The van der Waals surface area contributed by atoms with Crippen molar-refractivity contribution in [2.75, 3.05) is 0 Å². The zero-order chi connectivity index (χ0) is 15.2. The molecule has 0 unspecified atom stereocenters. The molecule has 0 amide bonds. The van der Waals surface area contributed by atoms with Gasteiger partial charge in [0, 0.05) is 0 Å². The summed E-state index contributed by atoms with van der Waals surface area (Å²) in [6.45, 7) is 0.451. The molecule has 0 spiro atoms. The van der Waals surface area contributed by atoms with E-state index in [0.29, 0.717) is 17.9 Å². The Hall–Kier alpha value is -2.87. The van der Waals surface area contributed by atoms with Crippen LogP contribution in [0.3, 0.4) is 0 Å². The maximum absolute atomic E-state index is 11.3. The van der Waals surface area contributed by atoms with E-state index in [0.717, 1.165) is 23.0 Å². The van der Waals surface area contributed by atoms with Crippen molar-refractivity contribution in [1.29, 1.82) is 0 Å². The zero-order valence-electron chi connectivity index (χ0n) is 12.1. The molecular weight excluding hydrogens is 272 g/mol. The lowest BCUT2D eigenvalue weighted by Gasteiger charge is -2.10. The van der Waals surface area contributed by atoms with Crippen molar-refractivity contribution in [2.45, 2.75) is 6.61 Å². The summed E-state index contributed by atoms with van der Waals surface area (Å²) in [5.41, 5.74) is 3.73. The molecule has 2 nitrogen and oxygen atoms in total. The van der Waals surface area contributed by atoms with Crippen LogP contribution in [0.25, 0.3) is 11.1 Å². The van der Waals surface area contributed by atoms with Crippen LogP contribution in [0.4, 0.5) is 0 Å². The summed E-state index contributed by atoms with van der Waals surface area (Å²) in [6, 6.07) is 25.6. The van der Waals surface area contributed by atoms with Gasteiger partial charge in [0.05, 0.1) is 5.56 Å². The highest BCUT2D eigenvalue weighted by molar-refractivity contribution is 5.83. The number of carbonyl (C=O) groups is 1. The summed E-state index contributed by atoms with van der Waals surface area (Å²) in [7, 11) is 0. The molecule has 0 N–H and O–H groups in total. The molecule has 0 aliphatic rings. The van der Waals surface area contributed by atoms with E-state index in [1.165, 1.54) is 0 Å². The predicted molar refractivity (Wildman–Crippen MR) is 88.0 cm³/mol. The molecule has 0 bridgehead atoms. The van der Waals surface area contributed by atoms with E-state index in [-0.39, 0.29) is 0 Å². The van der Waals surface area contributed by atoms with Crippen molar-refractivity contribution in [2.24, 2.45) is 0 Å². The third-order valence-corrected chi connectivity index (χ3v) is 3.48. The van der Waals surface area contributed by atoms with E-state index in [1.807, 2.05) is 78.9 Å². The molecule has 0 radical (unpaired) electrons. The first-order valence-corrected chi connectivity index (χ1v) is 7.18. The quantitative estimate of drug-likeness (QED) is 0.634. The van der Waals surface area contributed by atoms with Crippen molar-refractivity contribution in [3.8, 4) is 16.9 Å². The van der Waals surface area contributed by atoms with Crippen LogP contribution in [0.5, 0.6) is 5.75 Å². The Kier molecular flexibility index (Phi) is 4.30. The van der Waals surface area contributed by atoms with Gasteiger partial charge in [-0.2, -0.15) is 0 Å². The molecule has 0 aromatic heterocycles. The second-order valence-corrected chi connectivity index (χ2v) is 5.01. The van der Waals surface area contributed by atoms with Gasteiger partial charge in [0.25, 0.3) is 0 Å². The van der Waals surface area contributed by atoms with Gasteiger partial charge in [-0.25, -0.2) is 0 Å². The van der Waals surface area contributed by atoms with Crippen molar-refractivity contribution in [1.82, 2.24) is 0 Å². The monoisotopic (exact) mass is 288 g/mol. The molecule has 0 aliphatic carbocycles. The van der Waals surface area contributed by atoms with Gasteiger partial charge in [0.2, 0.25) is 0 Å². The number of aldehydes is 1. The summed E-state index contributed by atoms with van der Waals surface area (Å²) in [6.07, 6.45) is 0.840. The third kappa shape index (κ3) is 3.23. The molecule has 3 aromatic rings. The van der Waals surface area contributed by atoms with E-state index in [9.17, 15) is 4.79 Å². The van der Waals surface area contributed by atoms with Crippen LogP contribution in [-0.4, -0.2) is 6.29 Å². The van der Waals surface area contributed by atoms with Crippen LogP contribution >= 0.6 is 0 Å². The van der Waals surface area contributed by atoms with Crippen LogP contribution in [0, 0.1) is 0 Å². The fourth-order valence-corrected chi connectivity index (χ4v) is 2.32. The zero-order valence-corrected chi connectivity index (χ0v) is 12.1. The maximum atomic E-state index is 11.3. The minimum Gasteiger partial charge on any atom is -0.488 e. The van der Waals surface area contributed by atoms with Gasteiger partial charge in [-0.3, -0.25) is 4.79 Å². The Morgan fingerprint density at radius 3 is 2.14 bits per heavy atom. The van der Waals surface area contributed by atoms with E-state index < -0.39 is 0 Å². The Balaban J connectivity index is 1.82. The minimum absolute atomic E-state index is 0.451. The fourth-order valence-electron chi connectivity index (χ4n) is 2.32. The molecule has 3 aromatic carbocycles. The smallest absolute Gasteiger partial charge is 0.153 e. The average molecular weight is 288 g/mol. The lowest BCUT2D eigenvalue weighted by molar-refractivity contribution is 0.111. The molecule has 0 atom stereocenters. The van der Waals surface area contributed by atoms with Crippen molar-refractivity contribution >= 4 is 6.29 Å². The SMILES string of the molecule is O=Cc1cc(-c2ccccc2)ccc1OCc1ccccc1. The van der Waals surface area contributed by atoms with E-state index in [1.54, 1.807) is 0 Å². The normalized spacial score (nSPS) is 10.2. The Morgan fingerprint density at radius 1 is 0.773 bits per heavy atom. The van der Waals surface area contributed by atoms with Gasteiger partial charge in [0.15, 0.2) is 6.29 Å². The number of carbonyl (C=O) groups excluding carboxylic acids is 1. The van der Waals surface area contributed by atoms with Gasteiger partial charge >= 0.3 is 0 Å². The highest BCUT2D eigenvalue weighted by Crippen LogP contribution is 2.26. The summed E-state index contributed by atoms with van der Waals surface area (Å²) in [5, 5.41) is 0. The lowest BCUT2D eigenvalue weighted by atomic mass is 10.0. The first kappa shape index (κ1) is 14.1. The summed E-state index contributed by atoms with van der Waals surface area (Å²) in [4.78, 5) is 11.3. The van der Waals surface area contributed by atoms with Crippen LogP contribution in [0.15, 0.2) is 78.9 Å². The standard InChI is InChI=1S/C20H16O2/c21-14-19-13-18(17-9-5-2-6-10-17)11-12-20(19)22-15-16-7-3-1-4-8-16/h1-14H,15H2. The largest absolute Gasteiger partial charge is 0.488 e. The molecule has 0 fully saturated rings. The first-order chi connectivity index (χ1) is 10.9. The lowest BCUT2D eigenvalue weighted by Crippen LogP contribution is -1.98. The second-order valence-electron chi connectivity index (χ2n) is 5.01. The maximum Gasteiger partial charge on any atom is 0.153 e.